The van der Waals surface area contributed by atoms with Gasteiger partial charge in [0.05, 0.1) is 0 Å². The predicted molar refractivity (Wildman–Crippen MR) is 107 cm³/mol. The van der Waals surface area contributed by atoms with Crippen LogP contribution in [-0.2, 0) is 14.8 Å². The summed E-state index contributed by atoms with van der Waals surface area (Å²) in [5.74, 6) is 0.353. The van der Waals surface area contributed by atoms with Crippen molar-refractivity contribution in [3.05, 3.63) is 54.4 Å². The highest BCUT2D eigenvalue weighted by Gasteiger charge is 2.32. The Morgan fingerprint density at radius 2 is 2.07 bits per heavy atom. The summed E-state index contributed by atoms with van der Waals surface area (Å²) in [7, 11) is -3.45. The molecule has 2 aromatic rings. The van der Waals surface area contributed by atoms with Gasteiger partial charge in [0.2, 0.25) is 5.91 Å². The van der Waals surface area contributed by atoms with Crippen LogP contribution in [0.2, 0.25) is 0 Å². The number of amides is 1. The van der Waals surface area contributed by atoms with Gasteiger partial charge in [-0.25, -0.2) is 8.42 Å². The molecule has 2 heterocycles. The van der Waals surface area contributed by atoms with Crippen LogP contribution in [0.4, 0.5) is 5.69 Å². The van der Waals surface area contributed by atoms with E-state index < -0.39 is 10.0 Å². The van der Waals surface area contributed by atoms with Gasteiger partial charge >= 0.3 is 0 Å². The fourth-order valence-electron chi connectivity index (χ4n) is 2.96. The molecule has 1 fully saturated rings. The van der Waals surface area contributed by atoms with Gasteiger partial charge in [-0.15, -0.1) is 11.3 Å². The molecule has 1 aromatic heterocycles. The summed E-state index contributed by atoms with van der Waals surface area (Å²) in [6.45, 7) is 4.70. The number of benzene rings is 1. The Bertz CT molecular complexity index is 886. The van der Waals surface area contributed by atoms with Crippen molar-refractivity contribution >= 4 is 33.0 Å². The van der Waals surface area contributed by atoms with Crippen LogP contribution in [0.3, 0.4) is 0 Å². The van der Waals surface area contributed by atoms with Gasteiger partial charge in [0.25, 0.3) is 10.0 Å². The number of rotatable bonds is 7. The predicted octanol–water partition coefficient (Wildman–Crippen LogP) is 3.35. The normalized spacial score (nSPS) is 16.0. The summed E-state index contributed by atoms with van der Waals surface area (Å²) in [6, 6.07) is 10.5. The molecule has 0 atom stereocenters. The summed E-state index contributed by atoms with van der Waals surface area (Å²) in [6.07, 6.45) is 2.66. The Morgan fingerprint density at radius 3 is 2.74 bits per heavy atom. The third-order valence-electron chi connectivity index (χ3n) is 4.38. The second-order valence-electron chi connectivity index (χ2n) is 6.23. The maximum Gasteiger partial charge on any atom is 0.252 e. The molecule has 144 valence electrons. The minimum atomic E-state index is -3.45. The Morgan fingerprint density at radius 1 is 1.30 bits per heavy atom. The molecule has 1 N–H and O–H groups in total. The van der Waals surface area contributed by atoms with E-state index >= 15 is 0 Å². The fraction of sp³-hybridized carbons (Fsp3) is 0.316. The zero-order valence-corrected chi connectivity index (χ0v) is 16.5. The van der Waals surface area contributed by atoms with Gasteiger partial charge < -0.3 is 10.1 Å². The molecular weight excluding hydrogens is 384 g/mol. The van der Waals surface area contributed by atoms with Crippen LogP contribution >= 0.6 is 11.3 Å². The lowest BCUT2D eigenvalue weighted by Crippen LogP contribution is -2.41. The first-order valence-corrected chi connectivity index (χ1v) is 11.0. The maximum atomic E-state index is 12.6. The summed E-state index contributed by atoms with van der Waals surface area (Å²) in [5.41, 5.74) is 0.662. The quantitative estimate of drug-likeness (QED) is 0.716. The number of ether oxygens (including phenoxy) is 1. The van der Waals surface area contributed by atoms with Crippen molar-refractivity contribution < 1.29 is 17.9 Å². The van der Waals surface area contributed by atoms with Gasteiger partial charge in [0, 0.05) is 30.8 Å². The van der Waals surface area contributed by atoms with Gasteiger partial charge in [-0.1, -0.05) is 24.8 Å². The van der Waals surface area contributed by atoms with Crippen molar-refractivity contribution in [3.63, 3.8) is 0 Å². The zero-order chi connectivity index (χ0) is 19.3. The third-order valence-corrected chi connectivity index (χ3v) is 7.66. The van der Waals surface area contributed by atoms with Gasteiger partial charge in [-0.2, -0.15) is 4.31 Å². The second-order valence-corrected chi connectivity index (χ2v) is 9.34. The molecule has 1 saturated heterocycles. The average molecular weight is 407 g/mol. The molecule has 1 aliphatic heterocycles. The van der Waals surface area contributed by atoms with E-state index in [-0.39, 0.29) is 11.8 Å². The molecule has 8 heteroatoms. The Balaban J connectivity index is 1.57. The molecule has 27 heavy (non-hydrogen) atoms. The zero-order valence-electron chi connectivity index (χ0n) is 14.8. The molecule has 1 aliphatic rings. The lowest BCUT2D eigenvalue weighted by molar-refractivity contribution is -0.120. The Labute approximate surface area is 163 Å². The van der Waals surface area contributed by atoms with Gasteiger partial charge in [-0.05, 0) is 36.4 Å². The lowest BCUT2D eigenvalue weighted by atomic mass is 9.97. The minimum Gasteiger partial charge on any atom is -0.489 e. The summed E-state index contributed by atoms with van der Waals surface area (Å²) in [4.78, 5) is 12.5. The lowest BCUT2D eigenvalue weighted by Gasteiger charge is -2.30. The van der Waals surface area contributed by atoms with Crippen molar-refractivity contribution in [2.24, 2.45) is 5.92 Å². The van der Waals surface area contributed by atoms with Crippen molar-refractivity contribution in [1.82, 2.24) is 4.31 Å². The average Bonchev–Trinajstić information content (AvgIpc) is 3.22. The number of thiophene rings is 1. The number of sulfonamides is 1. The highest BCUT2D eigenvalue weighted by Crippen LogP contribution is 2.27. The molecule has 0 unspecified atom stereocenters. The fourth-order valence-corrected chi connectivity index (χ4v) is 5.57. The summed E-state index contributed by atoms with van der Waals surface area (Å²) >= 11 is 1.21. The highest BCUT2D eigenvalue weighted by molar-refractivity contribution is 7.91. The van der Waals surface area contributed by atoms with Crippen LogP contribution in [0.1, 0.15) is 12.8 Å². The molecule has 0 aliphatic carbocycles. The van der Waals surface area contributed by atoms with E-state index in [9.17, 15) is 13.2 Å². The van der Waals surface area contributed by atoms with E-state index in [1.165, 1.54) is 15.6 Å². The Kier molecular flexibility index (Phi) is 6.30. The van der Waals surface area contributed by atoms with Crippen LogP contribution in [0, 0.1) is 5.92 Å². The third kappa shape index (κ3) is 4.77. The van der Waals surface area contributed by atoms with E-state index in [1.807, 2.05) is 12.1 Å². The van der Waals surface area contributed by atoms with Crippen molar-refractivity contribution in [2.75, 3.05) is 25.0 Å². The smallest absolute Gasteiger partial charge is 0.252 e. The molecule has 0 spiro atoms. The van der Waals surface area contributed by atoms with Gasteiger partial charge in [-0.3, -0.25) is 4.79 Å². The van der Waals surface area contributed by atoms with Crippen LogP contribution in [-0.4, -0.2) is 38.3 Å². The highest BCUT2D eigenvalue weighted by atomic mass is 32.2. The SMILES string of the molecule is C=CCOc1cccc(NC(=O)C2CCN(S(=O)(=O)c3cccs3)CC2)c1. The molecule has 1 aromatic carbocycles. The number of nitrogens with one attached hydrogen (secondary N) is 1. The standard InChI is InChI=1S/C19H22N2O4S2/c1-2-12-25-17-6-3-5-16(14-17)20-19(22)15-8-10-21(11-9-15)27(23,24)18-7-4-13-26-18/h2-7,13-15H,1,8-12H2,(H,20,22). The van der Waals surface area contributed by atoms with Crippen LogP contribution < -0.4 is 10.1 Å². The number of anilines is 1. The molecule has 0 radical (unpaired) electrons. The number of piperidine rings is 1. The molecular formula is C19H22N2O4S2. The number of carbonyl (C=O) groups is 1. The first kappa shape index (κ1) is 19.6. The maximum absolute atomic E-state index is 12.6. The van der Waals surface area contributed by atoms with E-state index in [1.54, 1.807) is 35.7 Å². The van der Waals surface area contributed by atoms with Crippen LogP contribution in [0.25, 0.3) is 0 Å². The minimum absolute atomic E-state index is 0.0935. The number of hydrogen-bond donors (Lipinski definition) is 1. The summed E-state index contributed by atoms with van der Waals surface area (Å²) in [5, 5.41) is 4.65. The number of hydrogen-bond acceptors (Lipinski definition) is 5. The second kappa shape index (κ2) is 8.69. The molecule has 1 amide bonds. The van der Waals surface area contributed by atoms with E-state index in [0.29, 0.717) is 48.2 Å². The molecule has 0 saturated carbocycles. The van der Waals surface area contributed by atoms with Crippen molar-refractivity contribution in [1.29, 1.82) is 0 Å². The topological polar surface area (TPSA) is 75.7 Å². The largest absolute Gasteiger partial charge is 0.489 e. The van der Waals surface area contributed by atoms with Crippen LogP contribution in [0.5, 0.6) is 5.75 Å². The van der Waals surface area contributed by atoms with Crippen LogP contribution in [0.15, 0.2) is 58.6 Å². The monoisotopic (exact) mass is 406 g/mol. The van der Waals surface area contributed by atoms with E-state index in [0.717, 1.165) is 0 Å². The number of nitrogens with zero attached hydrogens (tertiary/aromatic N) is 1. The summed E-state index contributed by atoms with van der Waals surface area (Å²) < 4.78 is 32.4. The van der Waals surface area contributed by atoms with E-state index in [4.69, 9.17) is 4.74 Å². The first-order chi connectivity index (χ1) is 13.0. The van der Waals surface area contributed by atoms with Gasteiger partial charge in [0.15, 0.2) is 0 Å². The molecule has 0 bridgehead atoms. The number of carbonyl (C=O) groups excluding carboxylic acids is 1. The first-order valence-electron chi connectivity index (χ1n) is 8.69. The van der Waals surface area contributed by atoms with Crippen molar-refractivity contribution in [2.45, 2.75) is 17.1 Å². The molecule has 6 nitrogen and oxygen atoms in total. The van der Waals surface area contributed by atoms with Gasteiger partial charge in [0.1, 0.15) is 16.6 Å². The van der Waals surface area contributed by atoms with Crippen molar-refractivity contribution in [3.8, 4) is 5.75 Å². The Hall–Kier alpha value is -2.16. The molecule has 3 rings (SSSR count). The van der Waals surface area contributed by atoms with E-state index in [2.05, 4.69) is 11.9 Å².